The van der Waals surface area contributed by atoms with Gasteiger partial charge >= 0.3 is 0 Å². The van der Waals surface area contributed by atoms with Crippen LogP contribution in [-0.4, -0.2) is 31.2 Å². The lowest BCUT2D eigenvalue weighted by Gasteiger charge is -2.25. The first-order valence-electron chi connectivity index (χ1n) is 8.23. The smallest absolute Gasteiger partial charge is 0.165 e. The van der Waals surface area contributed by atoms with E-state index in [0.717, 1.165) is 36.9 Å². The van der Waals surface area contributed by atoms with Gasteiger partial charge in [0.1, 0.15) is 11.8 Å². The second-order valence-electron chi connectivity index (χ2n) is 6.50. The van der Waals surface area contributed by atoms with Gasteiger partial charge in [0, 0.05) is 13.2 Å². The Balaban J connectivity index is 1.67. The number of nitrogen functional groups attached to an aromatic ring is 1. The summed E-state index contributed by atoms with van der Waals surface area (Å²) in [7, 11) is 0. The number of aryl methyl sites for hydroxylation is 1. The maximum absolute atomic E-state index is 9.17. The molecule has 0 bridgehead atoms. The topological polar surface area (TPSA) is 89.8 Å². The van der Waals surface area contributed by atoms with Gasteiger partial charge < -0.3 is 15.4 Å². The highest BCUT2D eigenvalue weighted by Gasteiger charge is 2.30. The molecule has 0 aliphatic heterocycles. The molecule has 1 saturated carbocycles. The molecule has 2 unspecified atom stereocenters. The van der Waals surface area contributed by atoms with Gasteiger partial charge in [-0.05, 0) is 37.0 Å². The summed E-state index contributed by atoms with van der Waals surface area (Å²) >= 11 is 0. The minimum Gasteiger partial charge on any atom is -0.396 e. The number of anilines is 1. The van der Waals surface area contributed by atoms with Crippen LogP contribution >= 0.6 is 0 Å². The Kier molecular flexibility index (Phi) is 4.57. The molecule has 22 heavy (non-hydrogen) atoms. The van der Waals surface area contributed by atoms with Crippen molar-refractivity contribution in [2.45, 2.75) is 45.6 Å². The molecule has 2 aromatic heterocycles. The average Bonchev–Trinajstić information content (AvgIpc) is 3.12. The molecule has 0 radical (unpaired) electrons. The van der Waals surface area contributed by atoms with E-state index in [4.69, 9.17) is 10.8 Å². The van der Waals surface area contributed by atoms with E-state index in [1.165, 1.54) is 25.6 Å². The van der Waals surface area contributed by atoms with Crippen LogP contribution in [-0.2, 0) is 6.54 Å². The van der Waals surface area contributed by atoms with Crippen LogP contribution in [0.5, 0.6) is 0 Å². The van der Waals surface area contributed by atoms with Crippen molar-refractivity contribution in [1.29, 1.82) is 0 Å². The van der Waals surface area contributed by atoms with Crippen molar-refractivity contribution < 1.29 is 5.11 Å². The van der Waals surface area contributed by atoms with Crippen molar-refractivity contribution in [3.8, 4) is 0 Å². The molecule has 1 fully saturated rings. The van der Waals surface area contributed by atoms with Gasteiger partial charge in [0.15, 0.2) is 11.5 Å². The first kappa shape index (κ1) is 15.2. The molecule has 3 rings (SSSR count). The number of imidazole rings is 1. The van der Waals surface area contributed by atoms with E-state index < -0.39 is 0 Å². The third-order valence-electron chi connectivity index (χ3n) is 5.20. The number of aliphatic hydroxyl groups excluding tert-OH is 1. The van der Waals surface area contributed by atoms with E-state index in [1.807, 2.05) is 6.33 Å². The van der Waals surface area contributed by atoms with Gasteiger partial charge in [-0.1, -0.05) is 19.8 Å². The fourth-order valence-corrected chi connectivity index (χ4v) is 3.96. The van der Waals surface area contributed by atoms with Gasteiger partial charge in [-0.2, -0.15) is 0 Å². The minimum absolute atomic E-state index is 0.298. The van der Waals surface area contributed by atoms with Crippen LogP contribution in [0.25, 0.3) is 11.2 Å². The maximum Gasteiger partial charge on any atom is 0.165 e. The van der Waals surface area contributed by atoms with E-state index in [-0.39, 0.29) is 0 Å². The lowest BCUT2D eigenvalue weighted by molar-refractivity contribution is 0.196. The molecular weight excluding hydrogens is 278 g/mol. The molecular formula is C16H25N5O. The van der Waals surface area contributed by atoms with E-state index in [1.54, 1.807) is 0 Å². The van der Waals surface area contributed by atoms with Crippen molar-refractivity contribution in [3.05, 3.63) is 12.7 Å². The average molecular weight is 303 g/mol. The molecule has 0 amide bonds. The summed E-state index contributed by atoms with van der Waals surface area (Å²) < 4.78 is 2.08. The van der Waals surface area contributed by atoms with Gasteiger partial charge in [-0.15, -0.1) is 0 Å². The second-order valence-corrected chi connectivity index (χ2v) is 6.50. The highest BCUT2D eigenvalue weighted by molar-refractivity contribution is 5.80. The quantitative estimate of drug-likeness (QED) is 0.854. The molecule has 0 spiro atoms. The molecule has 1 aliphatic rings. The van der Waals surface area contributed by atoms with Crippen LogP contribution < -0.4 is 5.73 Å². The van der Waals surface area contributed by atoms with Gasteiger partial charge in [0.25, 0.3) is 0 Å². The summed E-state index contributed by atoms with van der Waals surface area (Å²) in [4.78, 5) is 12.6. The number of aromatic nitrogens is 4. The molecule has 6 nitrogen and oxygen atoms in total. The van der Waals surface area contributed by atoms with Crippen LogP contribution in [0.2, 0.25) is 0 Å². The van der Waals surface area contributed by atoms with Crippen molar-refractivity contribution in [1.82, 2.24) is 19.5 Å². The Labute approximate surface area is 130 Å². The van der Waals surface area contributed by atoms with Crippen LogP contribution in [0.4, 0.5) is 5.82 Å². The van der Waals surface area contributed by atoms with Crippen LogP contribution in [0.1, 0.15) is 39.0 Å². The van der Waals surface area contributed by atoms with Crippen LogP contribution in [0.3, 0.4) is 0 Å². The molecule has 120 valence electrons. The Morgan fingerprint density at radius 2 is 2.23 bits per heavy atom. The fraction of sp³-hybridized carbons (Fsp3) is 0.688. The summed E-state index contributed by atoms with van der Waals surface area (Å²) in [6, 6.07) is 0. The normalized spacial score (nSPS) is 23.2. The van der Waals surface area contributed by atoms with E-state index in [0.29, 0.717) is 23.9 Å². The molecule has 0 saturated heterocycles. The first-order valence-corrected chi connectivity index (χ1v) is 8.23. The number of hydrogen-bond acceptors (Lipinski definition) is 5. The fourth-order valence-electron chi connectivity index (χ4n) is 3.96. The molecule has 2 aromatic rings. The number of nitrogens with zero attached hydrogens (tertiary/aromatic N) is 4. The van der Waals surface area contributed by atoms with Gasteiger partial charge in [0.05, 0.1) is 6.33 Å². The standard InChI is InChI=1S/C16H25N5O/c1-11(6-8-22)13-4-2-3-12(13)5-7-21-10-20-14-15(17)18-9-19-16(14)21/h9-13,22H,2-8H2,1H3,(H2,17,18,19)/t11-,12?,13?/m0/s1. The van der Waals surface area contributed by atoms with Gasteiger partial charge in [-0.3, -0.25) is 0 Å². The van der Waals surface area contributed by atoms with E-state index in [2.05, 4.69) is 26.4 Å². The van der Waals surface area contributed by atoms with E-state index >= 15 is 0 Å². The summed E-state index contributed by atoms with van der Waals surface area (Å²) in [5.74, 6) is 2.52. The van der Waals surface area contributed by atoms with Crippen LogP contribution in [0, 0.1) is 17.8 Å². The Bertz CT molecular complexity index is 626. The lowest BCUT2D eigenvalue weighted by Crippen LogP contribution is -2.19. The Morgan fingerprint density at radius 3 is 3.05 bits per heavy atom. The zero-order chi connectivity index (χ0) is 15.5. The van der Waals surface area contributed by atoms with Crippen molar-refractivity contribution >= 4 is 17.0 Å². The predicted octanol–water partition coefficient (Wildman–Crippen LogP) is 2.23. The highest BCUT2D eigenvalue weighted by Crippen LogP contribution is 2.40. The van der Waals surface area contributed by atoms with Crippen molar-refractivity contribution in [3.63, 3.8) is 0 Å². The maximum atomic E-state index is 9.17. The summed E-state index contributed by atoms with van der Waals surface area (Å²) in [5.41, 5.74) is 7.35. The predicted molar refractivity (Wildman–Crippen MR) is 86.1 cm³/mol. The number of aliphatic hydroxyl groups is 1. The molecule has 1 aliphatic carbocycles. The van der Waals surface area contributed by atoms with Crippen molar-refractivity contribution in [2.24, 2.45) is 17.8 Å². The van der Waals surface area contributed by atoms with Gasteiger partial charge in [0.2, 0.25) is 0 Å². The third-order valence-corrected chi connectivity index (χ3v) is 5.20. The number of nitrogens with two attached hydrogens (primary N) is 1. The van der Waals surface area contributed by atoms with Gasteiger partial charge in [-0.25, -0.2) is 15.0 Å². The first-order chi connectivity index (χ1) is 10.7. The number of rotatable bonds is 6. The highest BCUT2D eigenvalue weighted by atomic mass is 16.3. The van der Waals surface area contributed by atoms with Crippen molar-refractivity contribution in [2.75, 3.05) is 12.3 Å². The molecule has 2 heterocycles. The SMILES string of the molecule is C[C@@H](CCO)C1CCCC1CCn1cnc2c(N)ncnc21. The number of fused-ring (bicyclic) bond motifs is 1. The zero-order valence-electron chi connectivity index (χ0n) is 13.1. The summed E-state index contributed by atoms with van der Waals surface area (Å²) in [6.07, 6.45) is 9.27. The van der Waals surface area contributed by atoms with E-state index in [9.17, 15) is 0 Å². The van der Waals surface area contributed by atoms with Crippen LogP contribution in [0.15, 0.2) is 12.7 Å². The second kappa shape index (κ2) is 6.60. The lowest BCUT2D eigenvalue weighted by atomic mass is 9.82. The Hall–Kier alpha value is -1.69. The monoisotopic (exact) mass is 303 g/mol. The minimum atomic E-state index is 0.298. The largest absolute Gasteiger partial charge is 0.396 e. The third kappa shape index (κ3) is 2.92. The molecule has 0 aromatic carbocycles. The molecule has 3 atom stereocenters. The zero-order valence-corrected chi connectivity index (χ0v) is 13.1. The Morgan fingerprint density at radius 1 is 1.36 bits per heavy atom. The summed E-state index contributed by atoms with van der Waals surface area (Å²) in [5, 5.41) is 9.17. The molecule has 6 heteroatoms. The summed E-state index contributed by atoms with van der Waals surface area (Å²) in [6.45, 7) is 3.49. The number of hydrogen-bond donors (Lipinski definition) is 2. The molecule has 3 N–H and O–H groups in total.